The van der Waals surface area contributed by atoms with Crippen LogP contribution in [0.1, 0.15) is 99.9 Å². The first kappa shape index (κ1) is 49.3. The van der Waals surface area contributed by atoms with Crippen LogP contribution in [0.4, 0.5) is 34.1 Å². The van der Waals surface area contributed by atoms with Gasteiger partial charge in [0, 0.05) is 39.5 Å². The Morgan fingerprint density at radius 1 is 0.250 bits per heavy atom. The van der Waals surface area contributed by atoms with E-state index in [1.807, 2.05) is 0 Å². The van der Waals surface area contributed by atoms with Crippen LogP contribution in [-0.2, 0) is 21.7 Å². The van der Waals surface area contributed by atoms with Crippen LogP contribution in [0.15, 0.2) is 255 Å². The van der Waals surface area contributed by atoms with E-state index in [2.05, 4.69) is 320 Å². The molecule has 0 bridgehead atoms. The average molecular weight is 1030 g/mol. The quantitative estimate of drug-likeness (QED) is 0.150. The number of nitrogens with zero attached hydrogens (tertiary/aromatic N) is 2. The summed E-state index contributed by atoms with van der Waals surface area (Å²) >= 11 is 0. The van der Waals surface area contributed by atoms with Gasteiger partial charge in [0.2, 0.25) is 0 Å². The molecule has 1 atom stereocenters. The molecule has 2 heteroatoms. The summed E-state index contributed by atoms with van der Waals surface area (Å²) in [6, 6.07) is 96.3. The van der Waals surface area contributed by atoms with E-state index in [9.17, 15) is 0 Å². The predicted molar refractivity (Wildman–Crippen MR) is 338 cm³/mol. The number of para-hydroxylation sites is 1. The summed E-state index contributed by atoms with van der Waals surface area (Å²) in [4.78, 5) is 4.97. The zero-order valence-corrected chi connectivity index (χ0v) is 47.1. The third-order valence-corrected chi connectivity index (χ3v) is 17.8. The van der Waals surface area contributed by atoms with E-state index in [4.69, 9.17) is 0 Å². The first-order valence-corrected chi connectivity index (χ1v) is 28.5. The molecule has 0 aromatic heterocycles. The van der Waals surface area contributed by atoms with E-state index in [0.717, 1.165) is 34.1 Å². The van der Waals surface area contributed by atoms with Crippen molar-refractivity contribution < 1.29 is 0 Å². The van der Waals surface area contributed by atoms with E-state index in [1.54, 1.807) is 0 Å². The van der Waals surface area contributed by atoms with E-state index in [-0.39, 0.29) is 16.2 Å². The summed E-state index contributed by atoms with van der Waals surface area (Å²) in [5, 5.41) is 0. The van der Waals surface area contributed by atoms with E-state index in [0.29, 0.717) is 0 Å². The van der Waals surface area contributed by atoms with E-state index in [1.165, 1.54) is 100 Å². The Labute approximate surface area is 473 Å². The zero-order chi connectivity index (χ0) is 54.7. The molecule has 0 heterocycles. The molecule has 0 N–H and O–H groups in total. The predicted octanol–water partition coefficient (Wildman–Crippen LogP) is 21.2. The first-order valence-electron chi connectivity index (χ1n) is 28.5. The van der Waals surface area contributed by atoms with Crippen LogP contribution in [0.3, 0.4) is 0 Å². The maximum atomic E-state index is 2.57. The van der Waals surface area contributed by atoms with Crippen LogP contribution in [-0.4, -0.2) is 0 Å². The van der Waals surface area contributed by atoms with E-state index >= 15 is 0 Å². The molecular weight excluding hydrogens is 965 g/mol. The highest BCUT2D eigenvalue weighted by Gasteiger charge is 2.53. The molecule has 1 spiro atoms. The molecule has 0 saturated carbocycles. The third-order valence-electron chi connectivity index (χ3n) is 17.8. The Bertz CT molecular complexity index is 4180. The molecule has 11 aromatic rings. The van der Waals surface area contributed by atoms with Gasteiger partial charge in [-0.25, -0.2) is 0 Å². The highest BCUT2D eigenvalue weighted by atomic mass is 15.1. The SMILES string of the molecule is CC(C)(C)c1ccc2c(c1)C1(c3cc(N(c4ccccc4)c4ccc(-c5ccccc5)cc4)ccc3-2)c2cc(N(c3cccc(-c4ccccc4)c3)c3ccc4c(c3)C(C)(C)c3ccccc3-4)ccc2-c2ccc(C(C)(C)C)cc21. The maximum Gasteiger partial charge on any atom is 0.0727 e. The van der Waals surface area contributed by atoms with Crippen molar-refractivity contribution in [1.29, 1.82) is 0 Å². The van der Waals surface area contributed by atoms with Gasteiger partial charge in [0.25, 0.3) is 0 Å². The Morgan fingerprint density at radius 2 is 0.588 bits per heavy atom. The van der Waals surface area contributed by atoms with E-state index < -0.39 is 5.41 Å². The molecule has 388 valence electrons. The maximum absolute atomic E-state index is 2.57. The summed E-state index contributed by atoms with van der Waals surface area (Å²) in [6.45, 7) is 18.9. The average Bonchev–Trinajstić information content (AvgIpc) is 2.07. The molecular formula is C78H66N2. The number of hydrogen-bond donors (Lipinski definition) is 0. The second-order valence-corrected chi connectivity index (χ2v) is 25.0. The molecule has 0 amide bonds. The second-order valence-electron chi connectivity index (χ2n) is 25.0. The van der Waals surface area contributed by atoms with Gasteiger partial charge < -0.3 is 9.80 Å². The van der Waals surface area contributed by atoms with Gasteiger partial charge in [0.1, 0.15) is 0 Å². The number of hydrogen-bond acceptors (Lipinski definition) is 2. The van der Waals surface area contributed by atoms with Crippen molar-refractivity contribution >= 4 is 34.1 Å². The minimum absolute atomic E-state index is 0.0902. The zero-order valence-electron chi connectivity index (χ0n) is 47.1. The lowest BCUT2D eigenvalue weighted by Crippen LogP contribution is -2.28. The second kappa shape index (κ2) is 18.3. The van der Waals surface area contributed by atoms with Gasteiger partial charge in [-0.2, -0.15) is 0 Å². The van der Waals surface area contributed by atoms with Crippen LogP contribution in [0.25, 0.3) is 55.6 Å². The fourth-order valence-electron chi connectivity index (χ4n) is 13.6. The highest BCUT2D eigenvalue weighted by Crippen LogP contribution is 2.65. The smallest absolute Gasteiger partial charge is 0.0727 e. The fraction of sp³-hybridized carbons (Fsp3) is 0.154. The van der Waals surface area contributed by atoms with Gasteiger partial charge in [-0.05, 0) is 184 Å². The highest BCUT2D eigenvalue weighted by molar-refractivity contribution is 5.98. The van der Waals surface area contributed by atoms with Crippen LogP contribution < -0.4 is 9.80 Å². The molecule has 1 unspecified atom stereocenters. The lowest BCUT2D eigenvalue weighted by Gasteiger charge is -2.35. The Balaban J connectivity index is 1.04. The molecule has 0 fully saturated rings. The lowest BCUT2D eigenvalue weighted by atomic mass is 9.68. The van der Waals surface area contributed by atoms with Crippen molar-refractivity contribution in [2.75, 3.05) is 9.80 Å². The van der Waals surface area contributed by atoms with Crippen LogP contribution in [0.5, 0.6) is 0 Å². The largest absolute Gasteiger partial charge is 0.310 e. The molecule has 3 aliphatic carbocycles. The Kier molecular flexibility index (Phi) is 11.3. The van der Waals surface area contributed by atoms with Crippen molar-refractivity contribution in [1.82, 2.24) is 0 Å². The molecule has 3 aliphatic rings. The topological polar surface area (TPSA) is 6.48 Å². The molecule has 14 rings (SSSR count). The molecule has 11 aromatic carbocycles. The normalized spacial score (nSPS) is 15.2. The molecule has 0 saturated heterocycles. The summed E-state index contributed by atoms with van der Waals surface area (Å²) in [5.74, 6) is 0. The summed E-state index contributed by atoms with van der Waals surface area (Å²) in [7, 11) is 0. The Hall–Kier alpha value is -8.98. The van der Waals surface area contributed by atoms with Gasteiger partial charge in [0.15, 0.2) is 0 Å². The third kappa shape index (κ3) is 7.75. The minimum Gasteiger partial charge on any atom is -0.310 e. The number of anilines is 6. The molecule has 0 radical (unpaired) electrons. The van der Waals surface area contributed by atoms with Gasteiger partial charge >= 0.3 is 0 Å². The van der Waals surface area contributed by atoms with Crippen molar-refractivity contribution in [3.8, 4) is 55.6 Å². The summed E-state index contributed by atoms with van der Waals surface area (Å²) in [5.41, 5.74) is 28.9. The van der Waals surface area contributed by atoms with Gasteiger partial charge in [0.05, 0.1) is 5.41 Å². The van der Waals surface area contributed by atoms with Gasteiger partial charge in [-0.15, -0.1) is 0 Å². The van der Waals surface area contributed by atoms with Crippen LogP contribution in [0.2, 0.25) is 0 Å². The summed E-state index contributed by atoms with van der Waals surface area (Å²) < 4.78 is 0. The minimum atomic E-state index is -0.678. The number of fused-ring (bicyclic) bond motifs is 13. The Morgan fingerprint density at radius 3 is 1.11 bits per heavy atom. The van der Waals surface area contributed by atoms with Crippen LogP contribution >= 0.6 is 0 Å². The fourth-order valence-corrected chi connectivity index (χ4v) is 13.6. The van der Waals surface area contributed by atoms with Crippen molar-refractivity contribution in [3.63, 3.8) is 0 Å². The number of benzene rings is 11. The van der Waals surface area contributed by atoms with Crippen molar-refractivity contribution in [2.24, 2.45) is 0 Å². The molecule has 0 aliphatic heterocycles. The summed E-state index contributed by atoms with van der Waals surface area (Å²) in [6.07, 6.45) is 0. The van der Waals surface area contributed by atoms with Gasteiger partial charge in [-0.3, -0.25) is 0 Å². The molecule has 80 heavy (non-hydrogen) atoms. The van der Waals surface area contributed by atoms with Crippen molar-refractivity contribution in [3.05, 3.63) is 299 Å². The lowest BCUT2D eigenvalue weighted by molar-refractivity contribution is 0.586. The molecule has 2 nitrogen and oxygen atoms in total. The van der Waals surface area contributed by atoms with Gasteiger partial charge in [-0.1, -0.05) is 237 Å². The van der Waals surface area contributed by atoms with Crippen LogP contribution in [0, 0.1) is 0 Å². The number of rotatable bonds is 8. The standard InChI is InChI=1S/C78H66N2/c1-75(2,3)55-33-40-65-67-43-38-61(79(57-26-16-11-17-27-57)58-35-31-53(32-36-58)51-21-12-9-13-22-51)49-73(67)78(71(65)46-55)72-47-56(76(4,5)6)34-41-66(72)68-44-39-62(50-74(68)78)80(59-28-20-25-54(45-59)52-23-14-10-15-24-52)60-37-42-64-63-29-18-19-30-69(63)77(7,8)70(64)48-60/h9-50H,1-8H3. The monoisotopic (exact) mass is 1030 g/mol. The first-order chi connectivity index (χ1) is 38.7. The van der Waals surface area contributed by atoms with Crippen molar-refractivity contribution in [2.45, 2.75) is 77.0 Å².